The molecule has 0 saturated heterocycles. The van der Waals surface area contributed by atoms with E-state index in [1.807, 2.05) is 0 Å². The van der Waals surface area contributed by atoms with Gasteiger partial charge in [0, 0.05) is 29.1 Å². The van der Waals surface area contributed by atoms with Gasteiger partial charge in [-0.25, -0.2) is 9.82 Å². The molecule has 0 fully saturated rings. The average Bonchev–Trinajstić information content (AvgIpc) is 2.65. The normalized spacial score (nSPS) is 11.2. The maximum atomic E-state index is 13.2. The van der Waals surface area contributed by atoms with E-state index in [0.29, 0.717) is 22.4 Å². The number of amides is 1. The number of aromatic hydroxyl groups is 1. The van der Waals surface area contributed by atoms with E-state index in [0.717, 1.165) is 0 Å². The SMILES string of the molecule is O=C(N/N=C(/c1ccc(O)cc1)c1ccc(F)cc1)c1ccncc1. The van der Waals surface area contributed by atoms with Crippen LogP contribution in [0.25, 0.3) is 0 Å². The fourth-order valence-electron chi connectivity index (χ4n) is 2.20. The first kappa shape index (κ1) is 16.3. The molecule has 25 heavy (non-hydrogen) atoms. The quantitative estimate of drug-likeness (QED) is 0.568. The Morgan fingerprint density at radius 1 is 0.880 bits per heavy atom. The molecule has 0 bridgehead atoms. The van der Waals surface area contributed by atoms with Gasteiger partial charge in [0.25, 0.3) is 5.91 Å². The Kier molecular flexibility index (Phi) is 4.80. The van der Waals surface area contributed by atoms with Crippen LogP contribution >= 0.6 is 0 Å². The summed E-state index contributed by atoms with van der Waals surface area (Å²) < 4.78 is 13.2. The van der Waals surface area contributed by atoms with Gasteiger partial charge in [-0.3, -0.25) is 9.78 Å². The summed E-state index contributed by atoms with van der Waals surface area (Å²) in [5.41, 5.74) is 4.65. The van der Waals surface area contributed by atoms with Crippen molar-refractivity contribution in [2.75, 3.05) is 0 Å². The molecule has 1 amide bonds. The molecule has 0 aliphatic heterocycles. The third-order valence-corrected chi connectivity index (χ3v) is 3.47. The lowest BCUT2D eigenvalue weighted by Gasteiger charge is -2.08. The Morgan fingerprint density at radius 3 is 2.04 bits per heavy atom. The molecule has 3 aromatic rings. The van der Waals surface area contributed by atoms with Crippen molar-refractivity contribution in [3.8, 4) is 5.75 Å². The van der Waals surface area contributed by atoms with Gasteiger partial charge >= 0.3 is 0 Å². The van der Waals surface area contributed by atoms with Crippen molar-refractivity contribution in [3.05, 3.63) is 95.6 Å². The van der Waals surface area contributed by atoms with E-state index in [9.17, 15) is 14.3 Å². The number of rotatable bonds is 4. The minimum Gasteiger partial charge on any atom is -0.508 e. The standard InChI is InChI=1S/C19H14FN3O2/c20-16-5-1-13(2-6-16)18(14-3-7-17(24)8-4-14)22-23-19(25)15-9-11-21-12-10-15/h1-12,24H,(H,23,25)/b22-18+. The van der Waals surface area contributed by atoms with E-state index in [4.69, 9.17) is 0 Å². The van der Waals surface area contributed by atoms with Crippen molar-refractivity contribution in [1.29, 1.82) is 0 Å². The van der Waals surface area contributed by atoms with Crippen molar-refractivity contribution in [2.45, 2.75) is 0 Å². The lowest BCUT2D eigenvalue weighted by Crippen LogP contribution is -2.20. The maximum Gasteiger partial charge on any atom is 0.271 e. The first-order valence-electron chi connectivity index (χ1n) is 7.47. The highest BCUT2D eigenvalue weighted by Crippen LogP contribution is 2.15. The zero-order valence-electron chi connectivity index (χ0n) is 13.1. The number of benzene rings is 2. The second kappa shape index (κ2) is 7.35. The molecule has 2 N–H and O–H groups in total. The molecule has 3 rings (SSSR count). The highest BCUT2D eigenvalue weighted by molar-refractivity contribution is 6.13. The van der Waals surface area contributed by atoms with Gasteiger partial charge in [-0.15, -0.1) is 0 Å². The lowest BCUT2D eigenvalue weighted by molar-refractivity contribution is 0.0955. The van der Waals surface area contributed by atoms with Crippen molar-refractivity contribution in [1.82, 2.24) is 10.4 Å². The first-order chi connectivity index (χ1) is 12.1. The molecule has 6 heteroatoms. The van der Waals surface area contributed by atoms with Gasteiger partial charge in [0.2, 0.25) is 0 Å². The smallest absolute Gasteiger partial charge is 0.271 e. The van der Waals surface area contributed by atoms with E-state index in [2.05, 4.69) is 15.5 Å². The number of pyridine rings is 1. The summed E-state index contributed by atoms with van der Waals surface area (Å²) in [5.74, 6) is -0.640. The van der Waals surface area contributed by atoms with Gasteiger partial charge in [-0.2, -0.15) is 5.10 Å². The Balaban J connectivity index is 1.94. The van der Waals surface area contributed by atoms with E-state index in [1.165, 1.54) is 36.7 Å². The Labute approximate surface area is 143 Å². The topological polar surface area (TPSA) is 74.6 Å². The average molecular weight is 335 g/mol. The second-order valence-electron chi connectivity index (χ2n) is 5.19. The van der Waals surface area contributed by atoms with Crippen LogP contribution in [0.1, 0.15) is 21.5 Å². The molecule has 0 radical (unpaired) electrons. The van der Waals surface area contributed by atoms with E-state index in [1.54, 1.807) is 36.4 Å². The number of hydrazone groups is 1. The Hall–Kier alpha value is -3.54. The summed E-state index contributed by atoms with van der Waals surface area (Å²) in [6.07, 6.45) is 3.03. The van der Waals surface area contributed by atoms with Gasteiger partial charge < -0.3 is 5.11 Å². The number of phenolic OH excluding ortho intramolecular Hbond substituents is 1. The number of halogens is 1. The zero-order valence-corrected chi connectivity index (χ0v) is 13.1. The summed E-state index contributed by atoms with van der Waals surface area (Å²) in [4.78, 5) is 16.0. The minimum atomic E-state index is -0.388. The van der Waals surface area contributed by atoms with Gasteiger partial charge in [-0.05, 0) is 60.7 Å². The summed E-state index contributed by atoms with van der Waals surface area (Å²) in [7, 11) is 0. The number of hydrogen-bond donors (Lipinski definition) is 2. The number of carbonyl (C=O) groups is 1. The van der Waals surface area contributed by atoms with E-state index < -0.39 is 0 Å². The van der Waals surface area contributed by atoms with E-state index >= 15 is 0 Å². The fraction of sp³-hybridized carbons (Fsp3) is 0. The highest BCUT2D eigenvalue weighted by Gasteiger charge is 2.10. The van der Waals surface area contributed by atoms with Crippen molar-refractivity contribution in [3.63, 3.8) is 0 Å². The molecule has 0 spiro atoms. The molecule has 5 nitrogen and oxygen atoms in total. The fourth-order valence-corrected chi connectivity index (χ4v) is 2.20. The number of phenols is 1. The minimum absolute atomic E-state index is 0.114. The van der Waals surface area contributed by atoms with Gasteiger partial charge in [-0.1, -0.05) is 0 Å². The molecule has 124 valence electrons. The first-order valence-corrected chi connectivity index (χ1v) is 7.47. The molecule has 1 aromatic heterocycles. The molecule has 0 saturated carbocycles. The van der Waals surface area contributed by atoms with Gasteiger partial charge in [0.1, 0.15) is 11.6 Å². The summed E-state index contributed by atoms with van der Waals surface area (Å²) in [5, 5.41) is 13.6. The number of nitrogens with zero attached hydrogens (tertiary/aromatic N) is 2. The van der Waals surface area contributed by atoms with Crippen LogP contribution in [0.15, 0.2) is 78.2 Å². The van der Waals surface area contributed by atoms with Crippen LogP contribution < -0.4 is 5.43 Å². The van der Waals surface area contributed by atoms with Crippen LogP contribution in [0.4, 0.5) is 4.39 Å². The molecular formula is C19H14FN3O2. The van der Waals surface area contributed by atoms with Crippen LogP contribution in [0.3, 0.4) is 0 Å². The van der Waals surface area contributed by atoms with Crippen molar-refractivity contribution >= 4 is 11.6 Å². The highest BCUT2D eigenvalue weighted by atomic mass is 19.1. The number of carbonyl (C=O) groups excluding carboxylic acids is 1. The number of nitrogens with one attached hydrogen (secondary N) is 1. The third-order valence-electron chi connectivity index (χ3n) is 3.47. The summed E-state index contributed by atoms with van der Waals surface area (Å²) in [6.45, 7) is 0. The van der Waals surface area contributed by atoms with E-state index in [-0.39, 0.29) is 17.5 Å². The monoisotopic (exact) mass is 335 g/mol. The van der Waals surface area contributed by atoms with Crippen LogP contribution in [0.2, 0.25) is 0 Å². The molecule has 0 unspecified atom stereocenters. The van der Waals surface area contributed by atoms with Gasteiger partial charge in [0.15, 0.2) is 0 Å². The van der Waals surface area contributed by atoms with Crippen LogP contribution in [0.5, 0.6) is 5.75 Å². The van der Waals surface area contributed by atoms with Crippen LogP contribution in [-0.4, -0.2) is 21.7 Å². The Morgan fingerprint density at radius 2 is 1.44 bits per heavy atom. The predicted octanol–water partition coefficient (Wildman–Crippen LogP) is 3.11. The van der Waals surface area contributed by atoms with Crippen LogP contribution in [0, 0.1) is 5.82 Å². The van der Waals surface area contributed by atoms with Crippen molar-refractivity contribution < 1.29 is 14.3 Å². The van der Waals surface area contributed by atoms with Crippen molar-refractivity contribution in [2.24, 2.45) is 5.10 Å². The molecular weight excluding hydrogens is 321 g/mol. The number of hydrogen-bond acceptors (Lipinski definition) is 4. The molecule has 0 atom stereocenters. The molecule has 0 aliphatic carbocycles. The van der Waals surface area contributed by atoms with Gasteiger partial charge in [0.05, 0.1) is 5.71 Å². The molecule has 2 aromatic carbocycles. The summed E-state index contributed by atoms with van der Waals surface area (Å²) >= 11 is 0. The third kappa shape index (κ3) is 4.06. The predicted molar refractivity (Wildman–Crippen MR) is 91.8 cm³/mol. The largest absolute Gasteiger partial charge is 0.508 e. The van der Waals surface area contributed by atoms with Crippen LogP contribution in [-0.2, 0) is 0 Å². The zero-order chi connectivity index (χ0) is 17.6. The Bertz CT molecular complexity index is 845. The second-order valence-corrected chi connectivity index (χ2v) is 5.19. The maximum absolute atomic E-state index is 13.2. The molecule has 0 aliphatic rings. The molecule has 1 heterocycles. The number of aromatic nitrogens is 1. The lowest BCUT2D eigenvalue weighted by atomic mass is 10.0. The summed E-state index contributed by atoms with van der Waals surface area (Å²) in [6, 6.07) is 15.3.